The average molecular weight is 394 g/mol. The first kappa shape index (κ1) is 19.0. The van der Waals surface area contributed by atoms with E-state index in [1.54, 1.807) is 35.2 Å². The van der Waals surface area contributed by atoms with E-state index in [-0.39, 0.29) is 24.3 Å². The third kappa shape index (κ3) is 4.41. The molecule has 0 spiro atoms. The summed E-state index contributed by atoms with van der Waals surface area (Å²) >= 11 is 0. The van der Waals surface area contributed by atoms with Gasteiger partial charge in [0.1, 0.15) is 5.70 Å². The number of rotatable bonds is 4. The third-order valence-corrected chi connectivity index (χ3v) is 4.80. The molecule has 2 aliphatic rings. The van der Waals surface area contributed by atoms with Gasteiger partial charge in [0.15, 0.2) is 11.5 Å². The molecule has 1 fully saturated rings. The highest BCUT2D eigenvalue weighted by Crippen LogP contribution is 2.33. The number of ether oxygens (including phenoxy) is 3. The average Bonchev–Trinajstić information content (AvgIpc) is 3.21. The van der Waals surface area contributed by atoms with E-state index >= 15 is 0 Å². The standard InChI is InChI=1S/C22H22N2O5/c1-15-2-5-17(6-3-15)21(25)23-18(22(26)24-8-10-27-11-9-24)12-16-4-7-19-20(13-16)29-14-28-19/h2-7,12-13H,8-11,14H2,1H3,(H,23,25)/b18-12-. The smallest absolute Gasteiger partial charge is 0.270 e. The zero-order chi connectivity index (χ0) is 20.2. The Bertz CT molecular complexity index is 946. The van der Waals surface area contributed by atoms with E-state index in [1.807, 2.05) is 25.1 Å². The summed E-state index contributed by atoms with van der Waals surface area (Å²) in [6, 6.07) is 12.6. The molecular weight excluding hydrogens is 372 g/mol. The molecule has 0 atom stereocenters. The Kier molecular flexibility index (Phi) is 5.48. The van der Waals surface area contributed by atoms with Crippen molar-refractivity contribution in [3.05, 3.63) is 64.9 Å². The van der Waals surface area contributed by atoms with Crippen LogP contribution in [0.25, 0.3) is 6.08 Å². The van der Waals surface area contributed by atoms with Crippen molar-refractivity contribution < 1.29 is 23.8 Å². The van der Waals surface area contributed by atoms with Crippen LogP contribution in [-0.4, -0.2) is 49.8 Å². The maximum absolute atomic E-state index is 13.1. The molecule has 7 heteroatoms. The molecule has 0 bridgehead atoms. The fourth-order valence-electron chi connectivity index (χ4n) is 3.16. The van der Waals surface area contributed by atoms with E-state index < -0.39 is 0 Å². The van der Waals surface area contributed by atoms with Crippen molar-refractivity contribution in [1.82, 2.24) is 10.2 Å². The molecule has 1 N–H and O–H groups in total. The first-order valence-electron chi connectivity index (χ1n) is 9.46. The molecule has 0 aromatic heterocycles. The van der Waals surface area contributed by atoms with Crippen molar-refractivity contribution in [3.8, 4) is 11.5 Å². The zero-order valence-corrected chi connectivity index (χ0v) is 16.1. The fourth-order valence-corrected chi connectivity index (χ4v) is 3.16. The minimum Gasteiger partial charge on any atom is -0.454 e. The van der Waals surface area contributed by atoms with Crippen LogP contribution in [-0.2, 0) is 9.53 Å². The molecule has 7 nitrogen and oxygen atoms in total. The zero-order valence-electron chi connectivity index (χ0n) is 16.1. The van der Waals surface area contributed by atoms with Gasteiger partial charge >= 0.3 is 0 Å². The van der Waals surface area contributed by atoms with Gasteiger partial charge in [0, 0.05) is 18.7 Å². The van der Waals surface area contributed by atoms with E-state index in [4.69, 9.17) is 14.2 Å². The fraction of sp³-hybridized carbons (Fsp3) is 0.273. The van der Waals surface area contributed by atoms with Gasteiger partial charge < -0.3 is 24.4 Å². The third-order valence-electron chi connectivity index (χ3n) is 4.80. The first-order valence-corrected chi connectivity index (χ1v) is 9.46. The Morgan fingerprint density at radius 2 is 1.72 bits per heavy atom. The lowest BCUT2D eigenvalue weighted by atomic mass is 10.1. The predicted octanol–water partition coefficient (Wildman–Crippen LogP) is 2.35. The van der Waals surface area contributed by atoms with Gasteiger partial charge in [-0.1, -0.05) is 23.8 Å². The quantitative estimate of drug-likeness (QED) is 0.806. The Morgan fingerprint density at radius 1 is 1.00 bits per heavy atom. The summed E-state index contributed by atoms with van der Waals surface area (Å²) in [6.45, 7) is 4.06. The lowest BCUT2D eigenvalue weighted by Gasteiger charge is -2.27. The molecular formula is C22H22N2O5. The van der Waals surface area contributed by atoms with Gasteiger partial charge in [0.05, 0.1) is 13.2 Å². The van der Waals surface area contributed by atoms with Crippen molar-refractivity contribution in [1.29, 1.82) is 0 Å². The molecule has 0 radical (unpaired) electrons. The second-order valence-corrected chi connectivity index (χ2v) is 6.90. The van der Waals surface area contributed by atoms with Gasteiger partial charge in [-0.2, -0.15) is 0 Å². The number of amides is 2. The van der Waals surface area contributed by atoms with Crippen LogP contribution in [0.2, 0.25) is 0 Å². The highest BCUT2D eigenvalue weighted by Gasteiger charge is 2.23. The highest BCUT2D eigenvalue weighted by atomic mass is 16.7. The van der Waals surface area contributed by atoms with Crippen LogP contribution in [0.5, 0.6) is 11.5 Å². The van der Waals surface area contributed by atoms with Crippen LogP contribution < -0.4 is 14.8 Å². The molecule has 0 saturated carbocycles. The summed E-state index contributed by atoms with van der Waals surface area (Å²) in [7, 11) is 0. The maximum atomic E-state index is 13.1. The molecule has 2 amide bonds. The summed E-state index contributed by atoms with van der Waals surface area (Å²) in [5.41, 5.74) is 2.48. The Labute approximate surface area is 168 Å². The van der Waals surface area contributed by atoms with Gasteiger partial charge in [0.25, 0.3) is 11.8 Å². The highest BCUT2D eigenvalue weighted by molar-refractivity contribution is 6.05. The van der Waals surface area contributed by atoms with Gasteiger partial charge in [-0.15, -0.1) is 0 Å². The van der Waals surface area contributed by atoms with Crippen LogP contribution in [0.3, 0.4) is 0 Å². The van der Waals surface area contributed by atoms with E-state index in [0.29, 0.717) is 43.4 Å². The Balaban J connectivity index is 1.62. The van der Waals surface area contributed by atoms with E-state index in [0.717, 1.165) is 11.1 Å². The summed E-state index contributed by atoms with van der Waals surface area (Å²) in [4.78, 5) is 27.5. The molecule has 4 rings (SSSR count). The summed E-state index contributed by atoms with van der Waals surface area (Å²) in [6.07, 6.45) is 1.66. The number of benzene rings is 2. The molecule has 1 saturated heterocycles. The number of nitrogens with one attached hydrogen (secondary N) is 1. The first-order chi connectivity index (χ1) is 14.1. The van der Waals surface area contributed by atoms with E-state index in [9.17, 15) is 9.59 Å². The predicted molar refractivity (Wildman–Crippen MR) is 107 cm³/mol. The second-order valence-electron chi connectivity index (χ2n) is 6.90. The van der Waals surface area contributed by atoms with Gasteiger partial charge in [0.2, 0.25) is 6.79 Å². The number of hydrogen-bond acceptors (Lipinski definition) is 5. The molecule has 150 valence electrons. The number of hydrogen-bond donors (Lipinski definition) is 1. The molecule has 2 aromatic carbocycles. The van der Waals surface area contributed by atoms with E-state index in [2.05, 4.69) is 5.32 Å². The number of fused-ring (bicyclic) bond motifs is 1. The van der Waals surface area contributed by atoms with Crippen molar-refractivity contribution in [2.75, 3.05) is 33.1 Å². The molecule has 2 aromatic rings. The Morgan fingerprint density at radius 3 is 2.48 bits per heavy atom. The second kappa shape index (κ2) is 8.36. The normalized spacial score (nSPS) is 15.9. The maximum Gasteiger partial charge on any atom is 0.270 e. The Hall–Kier alpha value is -3.32. The minimum atomic E-state index is -0.335. The summed E-state index contributed by atoms with van der Waals surface area (Å²) in [5.74, 6) is 0.693. The van der Waals surface area contributed by atoms with E-state index in [1.165, 1.54) is 0 Å². The molecule has 0 unspecified atom stereocenters. The monoisotopic (exact) mass is 394 g/mol. The van der Waals surface area contributed by atoms with Crippen LogP contribution >= 0.6 is 0 Å². The van der Waals surface area contributed by atoms with Crippen molar-refractivity contribution in [2.24, 2.45) is 0 Å². The number of morpholine rings is 1. The van der Waals surface area contributed by atoms with Crippen LogP contribution in [0, 0.1) is 6.92 Å². The SMILES string of the molecule is Cc1ccc(C(=O)N/C(=C\c2ccc3c(c2)OCO3)C(=O)N2CCOCC2)cc1. The van der Waals surface area contributed by atoms with Crippen molar-refractivity contribution in [3.63, 3.8) is 0 Å². The number of aryl methyl sites for hydroxylation is 1. The molecule has 2 heterocycles. The minimum absolute atomic E-state index is 0.173. The topological polar surface area (TPSA) is 77.1 Å². The number of carbonyl (C=O) groups is 2. The lowest BCUT2D eigenvalue weighted by Crippen LogP contribution is -2.44. The van der Waals surface area contributed by atoms with Crippen LogP contribution in [0.15, 0.2) is 48.2 Å². The summed E-state index contributed by atoms with van der Waals surface area (Å²) in [5, 5.41) is 2.78. The van der Waals surface area contributed by atoms with Crippen molar-refractivity contribution >= 4 is 17.9 Å². The van der Waals surface area contributed by atoms with Crippen molar-refractivity contribution in [2.45, 2.75) is 6.92 Å². The lowest BCUT2D eigenvalue weighted by molar-refractivity contribution is -0.131. The number of carbonyl (C=O) groups excluding carboxylic acids is 2. The van der Waals surface area contributed by atoms with Gasteiger partial charge in [-0.05, 0) is 42.8 Å². The largest absolute Gasteiger partial charge is 0.454 e. The van der Waals surface area contributed by atoms with Crippen LogP contribution in [0.4, 0.5) is 0 Å². The van der Waals surface area contributed by atoms with Crippen LogP contribution in [0.1, 0.15) is 21.5 Å². The molecule has 29 heavy (non-hydrogen) atoms. The number of nitrogens with zero attached hydrogens (tertiary/aromatic N) is 1. The summed E-state index contributed by atoms with van der Waals surface area (Å²) < 4.78 is 16.1. The van der Waals surface area contributed by atoms with Gasteiger partial charge in [-0.3, -0.25) is 9.59 Å². The van der Waals surface area contributed by atoms with Gasteiger partial charge in [-0.25, -0.2) is 0 Å². The molecule has 2 aliphatic heterocycles. The molecule has 0 aliphatic carbocycles.